The number of hydrogen-bond donors (Lipinski definition) is 2. The topological polar surface area (TPSA) is 40.5 Å². The molecule has 0 bridgehead atoms. The maximum Gasteiger partial charge on any atom is 0.0518 e. The smallest absolute Gasteiger partial charge is 0.0518 e. The van der Waals surface area contributed by atoms with Crippen LogP contribution in [0.3, 0.4) is 0 Å². The van der Waals surface area contributed by atoms with E-state index < -0.39 is 8.07 Å². The molecule has 0 saturated heterocycles. The lowest BCUT2D eigenvalue weighted by molar-refractivity contribution is 0.154. The molecule has 2 nitrogen and oxygen atoms in total. The van der Waals surface area contributed by atoms with Crippen molar-refractivity contribution in [2.24, 2.45) is 11.8 Å². The van der Waals surface area contributed by atoms with Crippen LogP contribution >= 0.6 is 0 Å². The van der Waals surface area contributed by atoms with Crippen molar-refractivity contribution >= 4 is 8.07 Å². The fourth-order valence-electron chi connectivity index (χ4n) is 2.19. The second kappa shape index (κ2) is 3.94. The molecular weight excluding hydrogens is 180 g/mol. The lowest BCUT2D eigenvalue weighted by Gasteiger charge is -2.31. The van der Waals surface area contributed by atoms with Crippen LogP contribution < -0.4 is 0 Å². The van der Waals surface area contributed by atoms with Gasteiger partial charge < -0.3 is 10.2 Å². The second-order valence-electron chi connectivity index (χ2n) is 4.97. The first kappa shape index (κ1) is 11.0. The molecule has 3 atom stereocenters. The number of aliphatic hydroxyl groups is 2. The molecule has 0 heterocycles. The van der Waals surface area contributed by atoms with Crippen molar-refractivity contribution in [2.45, 2.75) is 25.2 Å². The minimum Gasteiger partial charge on any atom is -0.396 e. The summed E-state index contributed by atoms with van der Waals surface area (Å²) in [6.45, 7) is 7.30. The van der Waals surface area contributed by atoms with Gasteiger partial charge in [0, 0.05) is 19.1 Å². The summed E-state index contributed by atoms with van der Waals surface area (Å²) < 4.78 is 0. The maximum atomic E-state index is 9.27. The standard InChI is InChI=1S/C10H20O2Si/c1-13(2,3)10-5-4-8(6-11)9(10)7-12/h4-5,8-12H,6-7H2,1-3H3/t8-,9+,10+/m0/s1. The second-order valence-corrected chi connectivity index (χ2v) is 10.4. The van der Waals surface area contributed by atoms with Gasteiger partial charge >= 0.3 is 0 Å². The summed E-state index contributed by atoms with van der Waals surface area (Å²) in [5, 5.41) is 18.4. The van der Waals surface area contributed by atoms with Gasteiger partial charge in [0.1, 0.15) is 0 Å². The zero-order valence-corrected chi connectivity index (χ0v) is 9.70. The molecule has 0 amide bonds. The van der Waals surface area contributed by atoms with E-state index in [-0.39, 0.29) is 25.0 Å². The van der Waals surface area contributed by atoms with E-state index >= 15 is 0 Å². The van der Waals surface area contributed by atoms with E-state index in [2.05, 4.69) is 31.8 Å². The molecule has 3 heteroatoms. The predicted molar refractivity (Wildman–Crippen MR) is 57.4 cm³/mol. The Bertz CT molecular complexity index is 196. The van der Waals surface area contributed by atoms with Gasteiger partial charge in [-0.1, -0.05) is 31.8 Å². The van der Waals surface area contributed by atoms with Crippen LogP contribution in [0.25, 0.3) is 0 Å². The van der Waals surface area contributed by atoms with Gasteiger partial charge in [-0.05, 0) is 11.5 Å². The number of allylic oxidation sites excluding steroid dienone is 1. The van der Waals surface area contributed by atoms with Gasteiger partial charge in [-0.2, -0.15) is 0 Å². The zero-order chi connectivity index (χ0) is 10.1. The van der Waals surface area contributed by atoms with E-state index in [1.54, 1.807) is 0 Å². The summed E-state index contributed by atoms with van der Waals surface area (Å²) in [5.74, 6) is 0.443. The van der Waals surface area contributed by atoms with E-state index in [0.717, 1.165) is 0 Å². The van der Waals surface area contributed by atoms with Crippen molar-refractivity contribution in [1.82, 2.24) is 0 Å². The van der Waals surface area contributed by atoms with Crippen LogP contribution in [0, 0.1) is 11.8 Å². The Morgan fingerprint density at radius 2 is 1.69 bits per heavy atom. The third kappa shape index (κ3) is 2.21. The SMILES string of the molecule is C[Si](C)(C)[C@@H]1C=C[C@@H](CO)[C@H]1CO. The van der Waals surface area contributed by atoms with E-state index in [1.165, 1.54) is 0 Å². The Labute approximate surface area is 81.3 Å². The summed E-state index contributed by atoms with van der Waals surface area (Å²) in [4.78, 5) is 0. The number of hydrogen-bond acceptors (Lipinski definition) is 2. The van der Waals surface area contributed by atoms with E-state index in [0.29, 0.717) is 5.54 Å². The highest BCUT2D eigenvalue weighted by Gasteiger charge is 2.38. The lowest BCUT2D eigenvalue weighted by atomic mass is 9.97. The largest absolute Gasteiger partial charge is 0.396 e. The van der Waals surface area contributed by atoms with Crippen LogP contribution in [0.15, 0.2) is 12.2 Å². The van der Waals surface area contributed by atoms with Gasteiger partial charge in [-0.25, -0.2) is 0 Å². The van der Waals surface area contributed by atoms with Crippen molar-refractivity contribution in [3.63, 3.8) is 0 Å². The summed E-state index contributed by atoms with van der Waals surface area (Å²) in [6.07, 6.45) is 4.28. The molecule has 1 aliphatic rings. The van der Waals surface area contributed by atoms with Gasteiger partial charge in [0.2, 0.25) is 0 Å². The summed E-state index contributed by atoms with van der Waals surface area (Å²) >= 11 is 0. The third-order valence-corrected chi connectivity index (χ3v) is 5.62. The Morgan fingerprint density at radius 3 is 2.08 bits per heavy atom. The predicted octanol–water partition coefficient (Wildman–Crippen LogP) is 1.48. The van der Waals surface area contributed by atoms with Crippen molar-refractivity contribution in [3.8, 4) is 0 Å². The average Bonchev–Trinajstić information content (AvgIpc) is 2.45. The molecule has 2 N–H and O–H groups in total. The zero-order valence-electron chi connectivity index (χ0n) is 8.70. The minimum atomic E-state index is -1.22. The van der Waals surface area contributed by atoms with Gasteiger partial charge in [0.15, 0.2) is 0 Å². The molecule has 0 saturated carbocycles. The normalized spacial score (nSPS) is 34.1. The molecule has 0 unspecified atom stereocenters. The van der Waals surface area contributed by atoms with Crippen LogP contribution in [0.5, 0.6) is 0 Å². The van der Waals surface area contributed by atoms with Crippen molar-refractivity contribution in [3.05, 3.63) is 12.2 Å². The number of aliphatic hydroxyl groups excluding tert-OH is 2. The maximum absolute atomic E-state index is 9.27. The fourth-order valence-corrected chi connectivity index (χ4v) is 4.52. The highest BCUT2D eigenvalue weighted by Crippen LogP contribution is 2.41. The first-order valence-electron chi connectivity index (χ1n) is 4.90. The van der Waals surface area contributed by atoms with Gasteiger partial charge in [0.25, 0.3) is 0 Å². The molecule has 0 aliphatic heterocycles. The van der Waals surface area contributed by atoms with Crippen LogP contribution in [0.1, 0.15) is 0 Å². The first-order chi connectivity index (χ1) is 6.00. The number of rotatable bonds is 3. The summed E-state index contributed by atoms with van der Waals surface area (Å²) in [7, 11) is -1.22. The Kier molecular flexibility index (Phi) is 3.32. The van der Waals surface area contributed by atoms with Crippen molar-refractivity contribution in [2.75, 3.05) is 13.2 Å². The minimum absolute atomic E-state index is 0.169. The Balaban J connectivity index is 2.74. The fraction of sp³-hybridized carbons (Fsp3) is 0.800. The van der Waals surface area contributed by atoms with Crippen molar-refractivity contribution in [1.29, 1.82) is 0 Å². The molecule has 0 aromatic heterocycles. The average molecular weight is 200 g/mol. The third-order valence-electron chi connectivity index (χ3n) is 3.00. The van der Waals surface area contributed by atoms with Gasteiger partial charge in [-0.3, -0.25) is 0 Å². The van der Waals surface area contributed by atoms with Gasteiger partial charge in [-0.15, -0.1) is 0 Å². The Morgan fingerprint density at radius 1 is 1.08 bits per heavy atom. The first-order valence-corrected chi connectivity index (χ1v) is 8.48. The molecule has 1 rings (SSSR count). The van der Waals surface area contributed by atoms with Crippen LogP contribution in [0.2, 0.25) is 25.2 Å². The Hall–Kier alpha value is -0.123. The van der Waals surface area contributed by atoms with Crippen LogP contribution in [-0.4, -0.2) is 31.5 Å². The molecule has 1 aliphatic carbocycles. The summed E-state index contributed by atoms with van der Waals surface area (Å²) in [5.41, 5.74) is 0.523. The monoisotopic (exact) mass is 200 g/mol. The highest BCUT2D eigenvalue weighted by molar-refractivity contribution is 6.78. The molecule has 76 valence electrons. The summed E-state index contributed by atoms with van der Waals surface area (Å²) in [6, 6.07) is 0. The molecular formula is C10H20O2Si. The van der Waals surface area contributed by atoms with Crippen LogP contribution in [-0.2, 0) is 0 Å². The molecule has 13 heavy (non-hydrogen) atoms. The highest BCUT2D eigenvalue weighted by atomic mass is 28.3. The molecule has 0 spiro atoms. The lowest BCUT2D eigenvalue weighted by Crippen LogP contribution is -2.34. The van der Waals surface area contributed by atoms with Crippen LogP contribution in [0.4, 0.5) is 0 Å². The quantitative estimate of drug-likeness (QED) is 0.535. The van der Waals surface area contributed by atoms with E-state index in [9.17, 15) is 5.11 Å². The molecule has 0 aromatic carbocycles. The van der Waals surface area contributed by atoms with E-state index in [1.807, 2.05) is 0 Å². The molecule has 0 radical (unpaired) electrons. The van der Waals surface area contributed by atoms with Crippen molar-refractivity contribution < 1.29 is 10.2 Å². The van der Waals surface area contributed by atoms with Gasteiger partial charge in [0.05, 0.1) is 8.07 Å². The van der Waals surface area contributed by atoms with E-state index in [4.69, 9.17) is 5.11 Å². The molecule has 0 fully saturated rings. The molecule has 0 aromatic rings.